The van der Waals surface area contributed by atoms with Crippen molar-refractivity contribution in [1.29, 1.82) is 0 Å². The van der Waals surface area contributed by atoms with Crippen molar-refractivity contribution in [2.75, 3.05) is 32.6 Å². The van der Waals surface area contributed by atoms with Gasteiger partial charge in [0.15, 0.2) is 0 Å². The summed E-state index contributed by atoms with van der Waals surface area (Å²) in [4.78, 5) is 12.5. The van der Waals surface area contributed by atoms with Gasteiger partial charge in [0.25, 0.3) is 0 Å². The number of hydrogen-bond donors (Lipinski definition) is 1. The van der Waals surface area contributed by atoms with Gasteiger partial charge >= 0.3 is 6.09 Å². The number of rotatable bonds is 24. The number of alkyl carbamates (subject to hydrolysis) is 1. The molecule has 1 amide bonds. The van der Waals surface area contributed by atoms with Gasteiger partial charge in [0.05, 0.1) is 4.75 Å². The van der Waals surface area contributed by atoms with Gasteiger partial charge in [-0.2, -0.15) is 11.8 Å². The standard InChI is InChI=1S/C28H54BrNO3S/c1-3-4-5-6-7-8-9-10-11-12-13-14-15-16-17-18-22-30-27(31)33-25-28(21-24-34-28)26(29)20-19-23-32-2/h26H,3-25H2,1-2H3,(H,30,31). The molecule has 0 saturated carbocycles. The quantitative estimate of drug-likeness (QED) is 0.0939. The van der Waals surface area contributed by atoms with Gasteiger partial charge in [-0.15, -0.1) is 0 Å². The van der Waals surface area contributed by atoms with Crippen molar-refractivity contribution in [2.45, 2.75) is 138 Å². The molecule has 1 aliphatic heterocycles. The van der Waals surface area contributed by atoms with Gasteiger partial charge in [0.1, 0.15) is 6.61 Å². The zero-order chi connectivity index (χ0) is 24.7. The smallest absolute Gasteiger partial charge is 0.407 e. The van der Waals surface area contributed by atoms with Crippen molar-refractivity contribution in [3.05, 3.63) is 0 Å². The Kier molecular flexibility index (Phi) is 21.0. The summed E-state index contributed by atoms with van der Waals surface area (Å²) in [5.41, 5.74) is 0. The maximum absolute atomic E-state index is 12.1. The van der Waals surface area contributed by atoms with E-state index in [1.807, 2.05) is 11.8 Å². The highest BCUT2D eigenvalue weighted by Crippen LogP contribution is 2.47. The van der Waals surface area contributed by atoms with E-state index in [0.717, 1.165) is 44.6 Å². The highest BCUT2D eigenvalue weighted by molar-refractivity contribution is 9.09. The number of carbonyl (C=O) groups is 1. The Morgan fingerprint density at radius 3 is 1.82 bits per heavy atom. The van der Waals surface area contributed by atoms with Crippen LogP contribution in [-0.4, -0.2) is 48.3 Å². The summed E-state index contributed by atoms with van der Waals surface area (Å²) in [6, 6.07) is 0. The fourth-order valence-corrected chi connectivity index (χ4v) is 6.84. The highest BCUT2D eigenvalue weighted by Gasteiger charge is 2.44. The number of thioether (sulfide) groups is 1. The van der Waals surface area contributed by atoms with E-state index in [2.05, 4.69) is 28.2 Å². The van der Waals surface area contributed by atoms with Crippen molar-refractivity contribution in [3.8, 4) is 0 Å². The third-order valence-electron chi connectivity index (χ3n) is 7.04. The Bertz CT molecular complexity index is 477. The molecule has 6 heteroatoms. The lowest BCUT2D eigenvalue weighted by atomic mass is 9.97. The maximum atomic E-state index is 12.1. The van der Waals surface area contributed by atoms with E-state index >= 15 is 0 Å². The van der Waals surface area contributed by atoms with E-state index in [1.165, 1.54) is 96.3 Å². The molecule has 2 unspecified atom stereocenters. The molecule has 0 bridgehead atoms. The Morgan fingerprint density at radius 1 is 0.882 bits per heavy atom. The predicted molar refractivity (Wildman–Crippen MR) is 153 cm³/mol. The third-order valence-corrected chi connectivity index (χ3v) is 10.3. The van der Waals surface area contributed by atoms with E-state index in [-0.39, 0.29) is 10.8 Å². The van der Waals surface area contributed by atoms with E-state index in [4.69, 9.17) is 9.47 Å². The van der Waals surface area contributed by atoms with Crippen molar-refractivity contribution < 1.29 is 14.3 Å². The van der Waals surface area contributed by atoms with Gasteiger partial charge in [-0.25, -0.2) is 4.79 Å². The van der Waals surface area contributed by atoms with Crippen LogP contribution < -0.4 is 5.32 Å². The van der Waals surface area contributed by atoms with E-state index in [9.17, 15) is 4.79 Å². The Morgan fingerprint density at radius 2 is 1.38 bits per heavy atom. The van der Waals surface area contributed by atoms with Gasteiger partial charge in [-0.3, -0.25) is 0 Å². The minimum Gasteiger partial charge on any atom is -0.448 e. The molecule has 34 heavy (non-hydrogen) atoms. The van der Waals surface area contributed by atoms with Gasteiger partial charge in [-0.05, 0) is 31.4 Å². The van der Waals surface area contributed by atoms with Crippen molar-refractivity contribution in [2.24, 2.45) is 0 Å². The van der Waals surface area contributed by atoms with Gasteiger partial charge in [-0.1, -0.05) is 119 Å². The average molecular weight is 565 g/mol. The van der Waals surface area contributed by atoms with Crippen LogP contribution in [0.3, 0.4) is 0 Å². The maximum Gasteiger partial charge on any atom is 0.407 e. The summed E-state index contributed by atoms with van der Waals surface area (Å²) in [5.74, 6) is 1.15. The number of alkyl halides is 1. The molecule has 1 aliphatic rings. The molecule has 1 saturated heterocycles. The molecule has 0 radical (unpaired) electrons. The first-order chi connectivity index (χ1) is 16.6. The zero-order valence-electron chi connectivity index (χ0n) is 22.4. The first kappa shape index (κ1) is 32.1. The molecule has 202 valence electrons. The van der Waals surface area contributed by atoms with E-state index in [1.54, 1.807) is 7.11 Å². The number of amides is 1. The Balaban J connectivity index is 1.86. The second-order valence-corrected chi connectivity index (χ2v) is 12.7. The summed E-state index contributed by atoms with van der Waals surface area (Å²) in [6.07, 6.45) is 24.7. The number of unbranched alkanes of at least 4 members (excludes halogenated alkanes) is 15. The number of ether oxygens (including phenoxy) is 2. The lowest BCUT2D eigenvalue weighted by Crippen LogP contribution is -2.48. The molecule has 0 aromatic carbocycles. The summed E-state index contributed by atoms with van der Waals surface area (Å²) >= 11 is 5.75. The normalized spacial score (nSPS) is 18.4. The summed E-state index contributed by atoms with van der Waals surface area (Å²) < 4.78 is 10.8. The van der Waals surface area contributed by atoms with E-state index < -0.39 is 0 Å². The number of halogens is 1. The molecule has 2 atom stereocenters. The van der Waals surface area contributed by atoms with Crippen LogP contribution >= 0.6 is 27.7 Å². The number of carbonyl (C=O) groups excluding carboxylic acids is 1. The summed E-state index contributed by atoms with van der Waals surface area (Å²) in [6.45, 7) is 4.28. The van der Waals surface area contributed by atoms with Crippen LogP contribution in [0.5, 0.6) is 0 Å². The van der Waals surface area contributed by atoms with Crippen molar-refractivity contribution in [1.82, 2.24) is 5.32 Å². The second kappa shape index (κ2) is 22.3. The molecular weight excluding hydrogens is 510 g/mol. The van der Waals surface area contributed by atoms with Crippen LogP contribution in [0.1, 0.15) is 129 Å². The van der Waals surface area contributed by atoms with Crippen molar-refractivity contribution >= 4 is 33.8 Å². The lowest BCUT2D eigenvalue weighted by Gasteiger charge is -2.44. The van der Waals surface area contributed by atoms with Crippen LogP contribution in [0.2, 0.25) is 0 Å². The number of methoxy groups -OCH3 is 1. The first-order valence-electron chi connectivity index (χ1n) is 14.3. The zero-order valence-corrected chi connectivity index (χ0v) is 24.8. The van der Waals surface area contributed by atoms with Crippen LogP contribution in [0.25, 0.3) is 0 Å². The minimum absolute atomic E-state index is 0.0410. The molecule has 4 nitrogen and oxygen atoms in total. The number of nitrogens with one attached hydrogen (secondary N) is 1. The van der Waals surface area contributed by atoms with Crippen LogP contribution in [0, 0.1) is 0 Å². The molecule has 0 spiro atoms. The molecule has 1 fully saturated rings. The third kappa shape index (κ3) is 15.9. The monoisotopic (exact) mass is 563 g/mol. The molecule has 0 aromatic rings. The lowest BCUT2D eigenvalue weighted by molar-refractivity contribution is 0.128. The predicted octanol–water partition coefficient (Wildman–Crippen LogP) is 9.04. The first-order valence-corrected chi connectivity index (χ1v) is 16.2. The fourth-order valence-electron chi connectivity index (χ4n) is 4.59. The SMILES string of the molecule is CCCCCCCCCCCCCCCCCCNC(=O)OCC1(C(Br)CCCOC)CCS1. The van der Waals surface area contributed by atoms with Gasteiger partial charge in [0, 0.05) is 25.1 Å². The molecule has 1 rings (SSSR count). The summed E-state index contributed by atoms with van der Waals surface area (Å²) in [7, 11) is 1.74. The molecule has 0 aliphatic carbocycles. The average Bonchev–Trinajstić information content (AvgIpc) is 2.80. The van der Waals surface area contributed by atoms with E-state index in [0.29, 0.717) is 11.4 Å². The largest absolute Gasteiger partial charge is 0.448 e. The second-order valence-electron chi connectivity index (χ2n) is 10.1. The molecule has 1 heterocycles. The van der Waals surface area contributed by atoms with Gasteiger partial charge in [0.2, 0.25) is 0 Å². The highest BCUT2D eigenvalue weighted by atomic mass is 79.9. The summed E-state index contributed by atoms with van der Waals surface area (Å²) in [5, 5.41) is 2.94. The fraction of sp³-hybridized carbons (Fsp3) is 0.964. The van der Waals surface area contributed by atoms with Crippen LogP contribution in [0.15, 0.2) is 0 Å². The molecule has 1 N–H and O–H groups in total. The van der Waals surface area contributed by atoms with Crippen molar-refractivity contribution in [3.63, 3.8) is 0 Å². The topological polar surface area (TPSA) is 47.6 Å². The molecule has 0 aromatic heterocycles. The van der Waals surface area contributed by atoms with Gasteiger partial charge < -0.3 is 14.8 Å². The Hall–Kier alpha value is 0.0600. The minimum atomic E-state index is -0.260. The Labute approximate surface area is 224 Å². The van der Waals surface area contributed by atoms with Crippen LogP contribution in [-0.2, 0) is 9.47 Å². The van der Waals surface area contributed by atoms with Crippen LogP contribution in [0.4, 0.5) is 4.79 Å². The number of hydrogen-bond acceptors (Lipinski definition) is 4. The molecular formula is C28H54BrNO3S.